The molecule has 0 saturated carbocycles. The topological polar surface area (TPSA) is 74.8 Å². The highest BCUT2D eigenvalue weighted by molar-refractivity contribution is 5.69. The van der Waals surface area contributed by atoms with E-state index in [-0.39, 0.29) is 0 Å². The number of unbranched alkanes of at least 4 members (excludes halogenated alkanes) is 1. The summed E-state index contributed by atoms with van der Waals surface area (Å²) >= 11 is 0. The number of pyridine rings is 1. The lowest BCUT2D eigenvalue weighted by atomic mass is 10.1. The number of allylic oxidation sites excluding steroid dienone is 1. The van der Waals surface area contributed by atoms with E-state index in [9.17, 15) is 0 Å². The van der Waals surface area contributed by atoms with E-state index in [1.54, 1.807) is 42.7 Å². The summed E-state index contributed by atoms with van der Waals surface area (Å²) in [4.78, 5) is 9.67. The molecular weight excluding hydrogens is 534 g/mol. The molecule has 0 atom stereocenters. The molecule has 0 aliphatic carbocycles. The molecule has 0 bridgehead atoms. The first-order valence-corrected chi connectivity index (χ1v) is 14.2. The Hall–Kier alpha value is -3.95. The van der Waals surface area contributed by atoms with Gasteiger partial charge in [-0.05, 0) is 66.9 Å². The zero-order chi connectivity index (χ0) is 29.9. The number of nitrogens with zero attached hydrogens (tertiary/aromatic N) is 3. The van der Waals surface area contributed by atoms with Crippen LogP contribution in [0, 0.1) is 0 Å². The van der Waals surface area contributed by atoms with Crippen LogP contribution >= 0.6 is 0 Å². The Labute approximate surface area is 249 Å². The fourth-order valence-electron chi connectivity index (χ4n) is 5.24. The maximum Gasteiger partial charge on any atom is 0.203 e. The molecule has 2 aromatic carbocycles. The van der Waals surface area contributed by atoms with Crippen LogP contribution in [-0.2, 0) is 6.54 Å². The SMILES string of the molecule is COc1cc(/C=C/CCCN2CCN(Cc3ccnc(-c4cc(OC)c(OC)c(OC)c4)c3)CC2)cc(OC)c1OC. The van der Waals surface area contributed by atoms with Crippen molar-refractivity contribution in [3.05, 3.63) is 59.8 Å². The van der Waals surface area contributed by atoms with Crippen molar-refractivity contribution in [2.75, 3.05) is 75.4 Å². The van der Waals surface area contributed by atoms with Crippen molar-refractivity contribution in [2.24, 2.45) is 0 Å². The van der Waals surface area contributed by atoms with Gasteiger partial charge in [-0.1, -0.05) is 12.2 Å². The first-order valence-electron chi connectivity index (χ1n) is 14.2. The van der Waals surface area contributed by atoms with Crippen LogP contribution < -0.4 is 28.4 Å². The monoisotopic (exact) mass is 577 g/mol. The van der Waals surface area contributed by atoms with E-state index < -0.39 is 0 Å². The van der Waals surface area contributed by atoms with Gasteiger partial charge in [0.2, 0.25) is 11.5 Å². The van der Waals surface area contributed by atoms with Crippen LogP contribution in [0.15, 0.2) is 48.7 Å². The van der Waals surface area contributed by atoms with Crippen LogP contribution in [-0.4, -0.2) is 90.2 Å². The minimum atomic E-state index is 0.576. The second-order valence-corrected chi connectivity index (χ2v) is 10.1. The number of piperazine rings is 1. The number of rotatable bonds is 14. The number of methoxy groups -OCH3 is 6. The lowest BCUT2D eigenvalue weighted by Crippen LogP contribution is -2.46. The summed E-state index contributed by atoms with van der Waals surface area (Å²) < 4.78 is 32.8. The van der Waals surface area contributed by atoms with Gasteiger partial charge in [0.15, 0.2) is 23.0 Å². The molecule has 2 heterocycles. The maximum atomic E-state index is 5.53. The van der Waals surface area contributed by atoms with E-state index in [4.69, 9.17) is 28.4 Å². The first kappa shape index (κ1) is 31.0. The number of benzene rings is 2. The third-order valence-corrected chi connectivity index (χ3v) is 7.50. The molecule has 0 N–H and O–H groups in total. The van der Waals surface area contributed by atoms with Gasteiger partial charge in [-0.15, -0.1) is 0 Å². The molecule has 0 spiro atoms. The molecule has 0 unspecified atom stereocenters. The van der Waals surface area contributed by atoms with Crippen LogP contribution in [0.25, 0.3) is 17.3 Å². The molecule has 3 aromatic rings. The summed E-state index contributed by atoms with van der Waals surface area (Å²) in [5, 5.41) is 0. The van der Waals surface area contributed by atoms with Gasteiger partial charge in [0.25, 0.3) is 0 Å². The Morgan fingerprint density at radius 1 is 0.690 bits per heavy atom. The standard InChI is InChI=1S/C33H43N3O6/c1-37-28-19-24(20-29(38-2)32(28)41-5)10-8-7-9-13-35-14-16-36(17-15-35)23-25-11-12-34-27(18-25)26-21-30(39-3)33(42-6)31(22-26)40-4/h8,10-12,18-22H,7,9,13-17,23H2,1-6H3/b10-8+. The van der Waals surface area contributed by atoms with Gasteiger partial charge in [-0.3, -0.25) is 9.88 Å². The molecule has 4 rings (SSSR count). The minimum Gasteiger partial charge on any atom is -0.493 e. The van der Waals surface area contributed by atoms with E-state index in [2.05, 4.69) is 39.1 Å². The molecule has 42 heavy (non-hydrogen) atoms. The van der Waals surface area contributed by atoms with Gasteiger partial charge in [0.05, 0.1) is 48.4 Å². The summed E-state index contributed by atoms with van der Waals surface area (Å²) in [6.45, 7) is 6.22. The second kappa shape index (κ2) is 15.3. The van der Waals surface area contributed by atoms with E-state index in [0.29, 0.717) is 34.5 Å². The van der Waals surface area contributed by atoms with Gasteiger partial charge >= 0.3 is 0 Å². The Morgan fingerprint density at radius 2 is 1.24 bits per heavy atom. The summed E-state index contributed by atoms with van der Waals surface area (Å²) in [6.07, 6.45) is 8.33. The quantitative estimate of drug-likeness (QED) is 0.234. The maximum absolute atomic E-state index is 5.53. The molecule has 0 radical (unpaired) electrons. The lowest BCUT2D eigenvalue weighted by molar-refractivity contribution is 0.126. The second-order valence-electron chi connectivity index (χ2n) is 10.1. The molecule has 1 saturated heterocycles. The van der Waals surface area contributed by atoms with Gasteiger partial charge < -0.3 is 33.3 Å². The number of aromatic nitrogens is 1. The largest absolute Gasteiger partial charge is 0.493 e. The molecule has 1 aromatic heterocycles. The third-order valence-electron chi connectivity index (χ3n) is 7.50. The van der Waals surface area contributed by atoms with Crippen molar-refractivity contribution in [3.63, 3.8) is 0 Å². The molecular formula is C33H43N3O6. The fourth-order valence-corrected chi connectivity index (χ4v) is 5.24. The molecule has 9 nitrogen and oxygen atoms in total. The average molecular weight is 578 g/mol. The average Bonchev–Trinajstić information content (AvgIpc) is 3.04. The Balaban J connectivity index is 1.26. The van der Waals surface area contributed by atoms with Crippen LogP contribution in [0.3, 0.4) is 0 Å². The van der Waals surface area contributed by atoms with Crippen molar-refractivity contribution in [2.45, 2.75) is 19.4 Å². The number of hydrogen-bond acceptors (Lipinski definition) is 9. The highest BCUT2D eigenvalue weighted by atomic mass is 16.5. The summed E-state index contributed by atoms with van der Waals surface area (Å²) in [6, 6.07) is 12.0. The summed E-state index contributed by atoms with van der Waals surface area (Å²) in [5.41, 5.74) is 4.07. The predicted octanol–water partition coefficient (Wildman–Crippen LogP) is 5.41. The van der Waals surface area contributed by atoms with Crippen LogP contribution in [0.2, 0.25) is 0 Å². The third kappa shape index (κ3) is 7.66. The zero-order valence-corrected chi connectivity index (χ0v) is 25.6. The molecule has 1 aliphatic rings. The Bertz CT molecular complexity index is 1290. The first-order chi connectivity index (χ1) is 20.5. The number of ether oxygens (including phenoxy) is 6. The van der Waals surface area contributed by atoms with Crippen LogP contribution in [0.4, 0.5) is 0 Å². The fraction of sp³-hybridized carbons (Fsp3) is 0.424. The van der Waals surface area contributed by atoms with Gasteiger partial charge in [-0.25, -0.2) is 0 Å². The van der Waals surface area contributed by atoms with Crippen LogP contribution in [0.1, 0.15) is 24.0 Å². The normalized spacial score (nSPS) is 14.1. The highest BCUT2D eigenvalue weighted by Gasteiger charge is 2.18. The highest BCUT2D eigenvalue weighted by Crippen LogP contribution is 2.41. The Kier molecular flexibility index (Phi) is 11.3. The lowest BCUT2D eigenvalue weighted by Gasteiger charge is -2.34. The van der Waals surface area contributed by atoms with Crippen molar-refractivity contribution in [1.29, 1.82) is 0 Å². The van der Waals surface area contributed by atoms with E-state index >= 15 is 0 Å². The van der Waals surface area contributed by atoms with E-state index in [1.165, 1.54) is 5.56 Å². The molecule has 0 amide bonds. The van der Waals surface area contributed by atoms with Crippen molar-refractivity contribution >= 4 is 6.08 Å². The van der Waals surface area contributed by atoms with Gasteiger partial charge in [0.1, 0.15) is 0 Å². The van der Waals surface area contributed by atoms with Crippen LogP contribution in [0.5, 0.6) is 34.5 Å². The van der Waals surface area contributed by atoms with Crippen molar-refractivity contribution < 1.29 is 28.4 Å². The van der Waals surface area contributed by atoms with Gasteiger partial charge in [-0.2, -0.15) is 0 Å². The summed E-state index contributed by atoms with van der Waals surface area (Å²) in [5.74, 6) is 3.75. The zero-order valence-electron chi connectivity index (χ0n) is 25.6. The smallest absolute Gasteiger partial charge is 0.203 e. The van der Waals surface area contributed by atoms with E-state index in [0.717, 1.165) is 68.9 Å². The number of hydrogen-bond donors (Lipinski definition) is 0. The van der Waals surface area contributed by atoms with Gasteiger partial charge in [0, 0.05) is 44.5 Å². The molecule has 9 heteroatoms. The molecule has 1 fully saturated rings. The minimum absolute atomic E-state index is 0.576. The molecule has 226 valence electrons. The van der Waals surface area contributed by atoms with Crippen molar-refractivity contribution in [3.8, 4) is 45.8 Å². The predicted molar refractivity (Wildman–Crippen MR) is 165 cm³/mol. The summed E-state index contributed by atoms with van der Waals surface area (Å²) in [7, 11) is 9.74. The van der Waals surface area contributed by atoms with Crippen molar-refractivity contribution in [1.82, 2.24) is 14.8 Å². The molecule has 1 aliphatic heterocycles. The Morgan fingerprint density at radius 3 is 1.79 bits per heavy atom. The van der Waals surface area contributed by atoms with E-state index in [1.807, 2.05) is 30.5 Å².